The first-order valence-corrected chi connectivity index (χ1v) is 10.6. The highest BCUT2D eigenvalue weighted by molar-refractivity contribution is 9.10. The van der Waals surface area contributed by atoms with Gasteiger partial charge in [-0.1, -0.05) is 41.9 Å². The third kappa shape index (κ3) is 4.98. The number of carbonyl (C=O) groups is 1. The highest BCUT2D eigenvalue weighted by Crippen LogP contribution is 2.36. The topological polar surface area (TPSA) is 61.8 Å². The summed E-state index contributed by atoms with van der Waals surface area (Å²) < 4.78 is 61.8. The number of likely N-dealkylation sites (tertiary alicyclic amines) is 1. The van der Waals surface area contributed by atoms with Crippen molar-refractivity contribution in [3.8, 4) is 0 Å². The van der Waals surface area contributed by atoms with Crippen molar-refractivity contribution in [1.82, 2.24) is 10.2 Å². The van der Waals surface area contributed by atoms with Crippen molar-refractivity contribution < 1.29 is 32.2 Å². The van der Waals surface area contributed by atoms with E-state index in [4.69, 9.17) is 4.74 Å². The first-order chi connectivity index (χ1) is 14.0. The van der Waals surface area contributed by atoms with Gasteiger partial charge < -0.3 is 14.7 Å². The molecule has 6 atom stereocenters. The van der Waals surface area contributed by atoms with Crippen molar-refractivity contribution in [3.05, 3.63) is 34.3 Å². The van der Waals surface area contributed by atoms with E-state index in [-0.39, 0.29) is 31.1 Å². The number of nitrogens with zero attached hydrogens (tertiary/aromatic N) is 1. The fourth-order valence-corrected chi connectivity index (χ4v) is 4.39. The predicted molar refractivity (Wildman–Crippen MR) is 105 cm³/mol. The standard InChI is InChI=1S/C20H25BrF4N2O3/c1-10(2)7-14(19(29)27-8-13(22)17-16(27)15(28)9-30-17)26-18(20(23,24)25)11-3-5-12(21)6-4-11/h3-6,10,13-18,26,28H,7-9H2,1-2H3/t13-,14-,15-,16+,17+,18-/m0/s1. The quantitative estimate of drug-likeness (QED) is 0.592. The van der Waals surface area contributed by atoms with Crippen molar-refractivity contribution >= 4 is 21.8 Å². The molecule has 5 nitrogen and oxygen atoms in total. The molecule has 2 aliphatic heterocycles. The number of hydrogen-bond donors (Lipinski definition) is 2. The van der Waals surface area contributed by atoms with Gasteiger partial charge >= 0.3 is 6.18 Å². The Hall–Kier alpha value is -1.23. The average molecular weight is 497 g/mol. The van der Waals surface area contributed by atoms with E-state index in [1.165, 1.54) is 24.3 Å². The molecule has 0 aliphatic carbocycles. The summed E-state index contributed by atoms with van der Waals surface area (Å²) in [5.74, 6) is -0.746. The normalized spacial score (nSPS) is 28.6. The van der Waals surface area contributed by atoms with Gasteiger partial charge in [-0.15, -0.1) is 0 Å². The van der Waals surface area contributed by atoms with Gasteiger partial charge in [-0.25, -0.2) is 4.39 Å². The summed E-state index contributed by atoms with van der Waals surface area (Å²) in [7, 11) is 0. The van der Waals surface area contributed by atoms with Crippen molar-refractivity contribution in [2.45, 2.75) is 62.9 Å². The Balaban J connectivity index is 1.87. The van der Waals surface area contributed by atoms with Gasteiger partial charge in [0.25, 0.3) is 0 Å². The molecule has 1 amide bonds. The minimum absolute atomic E-state index is 0.0286. The molecule has 0 unspecified atom stereocenters. The van der Waals surface area contributed by atoms with Crippen LogP contribution in [0.1, 0.15) is 31.9 Å². The van der Waals surface area contributed by atoms with E-state index >= 15 is 0 Å². The zero-order valence-electron chi connectivity index (χ0n) is 16.6. The van der Waals surface area contributed by atoms with Gasteiger partial charge in [-0.3, -0.25) is 10.1 Å². The van der Waals surface area contributed by atoms with Crippen LogP contribution in [0.15, 0.2) is 28.7 Å². The fraction of sp³-hybridized carbons (Fsp3) is 0.650. The SMILES string of the molecule is CC(C)C[C@H](N[C@@H](c1ccc(Br)cc1)C(F)(F)F)C(=O)N1C[C@H](F)[C@H]2OC[C@H](O)[C@H]21. The lowest BCUT2D eigenvalue weighted by molar-refractivity contribution is -0.163. The van der Waals surface area contributed by atoms with E-state index in [0.717, 1.165) is 4.90 Å². The minimum atomic E-state index is -4.64. The first kappa shape index (κ1) is 23.4. The van der Waals surface area contributed by atoms with E-state index < -0.39 is 48.6 Å². The summed E-state index contributed by atoms with van der Waals surface area (Å²) in [5, 5.41) is 12.6. The number of ether oxygens (including phenoxy) is 1. The number of nitrogens with one attached hydrogen (secondary N) is 1. The number of aliphatic hydroxyl groups excluding tert-OH is 1. The Morgan fingerprint density at radius 1 is 1.33 bits per heavy atom. The zero-order valence-corrected chi connectivity index (χ0v) is 18.2. The van der Waals surface area contributed by atoms with Gasteiger partial charge in [-0.05, 0) is 30.0 Å². The third-order valence-electron chi connectivity index (χ3n) is 5.46. The van der Waals surface area contributed by atoms with Crippen molar-refractivity contribution in [2.24, 2.45) is 5.92 Å². The van der Waals surface area contributed by atoms with Crippen molar-refractivity contribution in [3.63, 3.8) is 0 Å². The molecule has 1 aromatic rings. The molecule has 168 valence electrons. The predicted octanol–water partition coefficient (Wildman–Crippen LogP) is 3.37. The molecule has 0 bridgehead atoms. The lowest BCUT2D eigenvalue weighted by Crippen LogP contribution is -2.54. The van der Waals surface area contributed by atoms with Crippen molar-refractivity contribution in [2.75, 3.05) is 13.2 Å². The van der Waals surface area contributed by atoms with Gasteiger partial charge in [0, 0.05) is 4.47 Å². The minimum Gasteiger partial charge on any atom is -0.388 e. The number of amides is 1. The van der Waals surface area contributed by atoms with Crippen LogP contribution in [0.25, 0.3) is 0 Å². The third-order valence-corrected chi connectivity index (χ3v) is 5.99. The van der Waals surface area contributed by atoms with E-state index in [2.05, 4.69) is 21.2 Å². The molecule has 0 radical (unpaired) electrons. The van der Waals surface area contributed by atoms with Gasteiger partial charge in [-0.2, -0.15) is 13.2 Å². The molecule has 2 saturated heterocycles. The summed E-state index contributed by atoms with van der Waals surface area (Å²) in [5.41, 5.74) is -0.0286. The second kappa shape index (κ2) is 9.10. The Bertz CT molecular complexity index is 747. The lowest BCUT2D eigenvalue weighted by atomic mass is 9.98. The van der Waals surface area contributed by atoms with E-state index in [1.54, 1.807) is 13.8 Å². The maximum absolute atomic E-state index is 14.3. The molecule has 2 fully saturated rings. The van der Waals surface area contributed by atoms with Crippen LogP contribution in [0.2, 0.25) is 0 Å². The molecular formula is C20H25BrF4N2O3. The van der Waals surface area contributed by atoms with Crippen molar-refractivity contribution in [1.29, 1.82) is 0 Å². The second-order valence-electron chi connectivity index (χ2n) is 8.24. The highest BCUT2D eigenvalue weighted by Gasteiger charge is 2.54. The van der Waals surface area contributed by atoms with Gasteiger partial charge in [0.2, 0.25) is 5.91 Å². The van der Waals surface area contributed by atoms with Crippen LogP contribution in [-0.4, -0.2) is 65.7 Å². The van der Waals surface area contributed by atoms with Crippen LogP contribution in [0.3, 0.4) is 0 Å². The Labute approximate surface area is 180 Å². The van der Waals surface area contributed by atoms with Crippen LogP contribution in [0, 0.1) is 5.92 Å². The molecule has 2 N–H and O–H groups in total. The number of aliphatic hydroxyl groups is 1. The van der Waals surface area contributed by atoms with E-state index in [1.807, 2.05) is 0 Å². The first-order valence-electron chi connectivity index (χ1n) is 9.81. The summed E-state index contributed by atoms with van der Waals surface area (Å²) >= 11 is 3.20. The maximum atomic E-state index is 14.3. The Morgan fingerprint density at radius 2 is 1.97 bits per heavy atom. The highest BCUT2D eigenvalue weighted by atomic mass is 79.9. The van der Waals surface area contributed by atoms with Crippen LogP contribution < -0.4 is 5.32 Å². The molecule has 0 aromatic heterocycles. The molecule has 2 heterocycles. The van der Waals surface area contributed by atoms with Gasteiger partial charge in [0.15, 0.2) is 0 Å². The molecule has 3 rings (SSSR count). The number of benzene rings is 1. The monoisotopic (exact) mass is 496 g/mol. The van der Waals surface area contributed by atoms with Crippen LogP contribution >= 0.6 is 15.9 Å². The zero-order chi connectivity index (χ0) is 22.2. The fourth-order valence-electron chi connectivity index (χ4n) is 4.13. The lowest BCUT2D eigenvalue weighted by Gasteiger charge is -2.33. The molecule has 2 aliphatic rings. The largest absolute Gasteiger partial charge is 0.407 e. The van der Waals surface area contributed by atoms with Crippen LogP contribution in [0.5, 0.6) is 0 Å². The molecule has 0 saturated carbocycles. The summed E-state index contributed by atoms with van der Waals surface area (Å²) in [6.07, 6.45) is -8.02. The number of alkyl halides is 4. The number of hydrogen-bond acceptors (Lipinski definition) is 4. The molecule has 1 aromatic carbocycles. The number of rotatable bonds is 6. The summed E-state index contributed by atoms with van der Waals surface area (Å²) in [6, 6.07) is 1.52. The van der Waals surface area contributed by atoms with Crippen LogP contribution in [-0.2, 0) is 9.53 Å². The molecule has 30 heavy (non-hydrogen) atoms. The van der Waals surface area contributed by atoms with E-state index in [9.17, 15) is 27.5 Å². The molecule has 10 heteroatoms. The Morgan fingerprint density at radius 3 is 2.53 bits per heavy atom. The summed E-state index contributed by atoms with van der Waals surface area (Å²) in [6.45, 7) is 3.17. The van der Waals surface area contributed by atoms with Gasteiger partial charge in [0.05, 0.1) is 25.2 Å². The average Bonchev–Trinajstić information content (AvgIpc) is 3.19. The van der Waals surface area contributed by atoms with E-state index in [0.29, 0.717) is 4.47 Å². The molecule has 0 spiro atoms. The number of carbonyl (C=O) groups excluding carboxylic acids is 1. The maximum Gasteiger partial charge on any atom is 0.407 e. The Kier molecular flexibility index (Phi) is 7.11. The smallest absolute Gasteiger partial charge is 0.388 e. The number of fused-ring (bicyclic) bond motifs is 1. The second-order valence-corrected chi connectivity index (χ2v) is 9.15. The molecular weight excluding hydrogens is 472 g/mol. The van der Waals surface area contributed by atoms with Gasteiger partial charge in [0.1, 0.15) is 24.4 Å². The number of halogens is 5. The summed E-state index contributed by atoms with van der Waals surface area (Å²) in [4.78, 5) is 14.4. The van der Waals surface area contributed by atoms with Crippen LogP contribution in [0.4, 0.5) is 17.6 Å².